The largest absolute Gasteiger partial charge is 0.353 e. The fourth-order valence-electron chi connectivity index (χ4n) is 3.84. The van der Waals surface area contributed by atoms with Crippen molar-refractivity contribution in [2.24, 2.45) is 5.10 Å². The average molecular weight is 405 g/mol. The number of sulfone groups is 1. The molecule has 0 saturated carbocycles. The van der Waals surface area contributed by atoms with E-state index in [1.165, 1.54) is 5.01 Å². The molecule has 2 saturated heterocycles. The predicted molar refractivity (Wildman–Crippen MR) is 104 cm³/mol. The lowest BCUT2D eigenvalue weighted by molar-refractivity contribution is -0.134. The Morgan fingerprint density at radius 1 is 1.11 bits per heavy atom. The number of amides is 2. The molecule has 3 aliphatic heterocycles. The summed E-state index contributed by atoms with van der Waals surface area (Å²) < 4.78 is 23.5. The quantitative estimate of drug-likeness (QED) is 0.696. The van der Waals surface area contributed by atoms with Crippen LogP contribution in [-0.4, -0.2) is 84.6 Å². The molecule has 9 nitrogen and oxygen atoms in total. The zero-order valence-electron chi connectivity index (χ0n) is 15.5. The molecule has 10 heteroatoms. The summed E-state index contributed by atoms with van der Waals surface area (Å²) in [6.07, 6.45) is 2.61. The number of piperazine rings is 1. The van der Waals surface area contributed by atoms with Gasteiger partial charge in [0.15, 0.2) is 9.84 Å². The molecule has 0 spiro atoms. The number of pyridine rings is 1. The van der Waals surface area contributed by atoms with Crippen LogP contribution in [0.25, 0.3) is 0 Å². The van der Waals surface area contributed by atoms with Crippen molar-refractivity contribution in [3.63, 3.8) is 0 Å². The number of rotatable bonds is 3. The van der Waals surface area contributed by atoms with E-state index in [1.54, 1.807) is 11.1 Å². The Hall–Kier alpha value is -2.49. The van der Waals surface area contributed by atoms with Gasteiger partial charge >= 0.3 is 0 Å². The third-order valence-corrected chi connectivity index (χ3v) is 7.15. The maximum atomic E-state index is 12.9. The van der Waals surface area contributed by atoms with Gasteiger partial charge < -0.3 is 9.80 Å². The van der Waals surface area contributed by atoms with E-state index in [-0.39, 0.29) is 29.7 Å². The second-order valence-corrected chi connectivity index (χ2v) is 9.54. The van der Waals surface area contributed by atoms with Gasteiger partial charge in [0.25, 0.3) is 5.91 Å². The van der Waals surface area contributed by atoms with Crippen molar-refractivity contribution in [3.05, 3.63) is 24.4 Å². The fourth-order valence-corrected chi connectivity index (χ4v) is 5.53. The van der Waals surface area contributed by atoms with Crippen molar-refractivity contribution in [3.8, 4) is 0 Å². The van der Waals surface area contributed by atoms with Crippen LogP contribution in [-0.2, 0) is 19.4 Å². The number of anilines is 1. The topological polar surface area (TPSA) is 103 Å². The number of hydrogen-bond acceptors (Lipinski definition) is 7. The van der Waals surface area contributed by atoms with E-state index in [2.05, 4.69) is 15.0 Å². The highest BCUT2D eigenvalue weighted by Gasteiger charge is 2.38. The van der Waals surface area contributed by atoms with Crippen molar-refractivity contribution < 1.29 is 18.0 Å². The summed E-state index contributed by atoms with van der Waals surface area (Å²) in [6.45, 7) is 2.47. The molecule has 0 aromatic carbocycles. The molecule has 0 aliphatic carbocycles. The highest BCUT2D eigenvalue weighted by atomic mass is 32.2. The predicted octanol–water partition coefficient (Wildman–Crippen LogP) is -0.104. The Kier molecular flexibility index (Phi) is 5.05. The Balaban J connectivity index is 1.42. The maximum Gasteiger partial charge on any atom is 0.270 e. The first-order chi connectivity index (χ1) is 13.4. The first-order valence-corrected chi connectivity index (χ1v) is 11.3. The molecule has 1 aromatic heterocycles. The number of hydrogen-bond donors (Lipinski definition) is 0. The van der Waals surface area contributed by atoms with Crippen LogP contribution in [0.2, 0.25) is 0 Å². The highest BCUT2D eigenvalue weighted by molar-refractivity contribution is 7.91. The molecule has 4 rings (SSSR count). The molecule has 0 unspecified atom stereocenters. The minimum atomic E-state index is -3.13. The fraction of sp³-hybridized carbons (Fsp3) is 0.556. The number of aromatic nitrogens is 1. The van der Waals surface area contributed by atoms with Gasteiger partial charge in [-0.05, 0) is 18.6 Å². The lowest BCUT2D eigenvalue weighted by atomic mass is 10.1. The van der Waals surface area contributed by atoms with Crippen molar-refractivity contribution >= 4 is 33.2 Å². The van der Waals surface area contributed by atoms with Gasteiger partial charge in [-0.25, -0.2) is 18.4 Å². The summed E-state index contributed by atoms with van der Waals surface area (Å²) in [5.74, 6) is 0.504. The number of nitrogens with zero attached hydrogens (tertiary/aromatic N) is 5. The van der Waals surface area contributed by atoms with Gasteiger partial charge in [0.05, 0.1) is 17.5 Å². The van der Waals surface area contributed by atoms with Gasteiger partial charge in [-0.3, -0.25) is 9.59 Å². The standard InChI is InChI=1S/C18H23N5O4S/c24-17-5-4-15(20-23(17)14-6-12-28(26,27)13-14)18(25)22-10-8-21(9-11-22)16-3-1-2-7-19-16/h1-3,7,14H,4-6,8-13H2/t14-/m1/s1. The summed E-state index contributed by atoms with van der Waals surface area (Å²) in [4.78, 5) is 33.3. The molecule has 28 heavy (non-hydrogen) atoms. The third-order valence-electron chi connectivity index (χ3n) is 5.40. The van der Waals surface area contributed by atoms with Gasteiger partial charge in [0, 0.05) is 45.2 Å². The van der Waals surface area contributed by atoms with Gasteiger partial charge in [0.1, 0.15) is 11.5 Å². The maximum absolute atomic E-state index is 12.9. The monoisotopic (exact) mass is 405 g/mol. The van der Waals surface area contributed by atoms with E-state index < -0.39 is 15.9 Å². The number of carbonyl (C=O) groups excluding carboxylic acids is 2. The van der Waals surface area contributed by atoms with E-state index >= 15 is 0 Å². The number of hydrazone groups is 1. The average Bonchev–Trinajstić information content (AvgIpc) is 3.08. The molecule has 0 bridgehead atoms. The van der Waals surface area contributed by atoms with E-state index in [0.717, 1.165) is 5.82 Å². The van der Waals surface area contributed by atoms with Crippen LogP contribution in [0.4, 0.5) is 5.82 Å². The molecule has 1 atom stereocenters. The SMILES string of the molecule is O=C(C1=NN([C@@H]2CCS(=O)(=O)C2)C(=O)CC1)N1CCN(c2ccccn2)CC1. The van der Waals surface area contributed by atoms with Crippen LogP contribution in [0.5, 0.6) is 0 Å². The first-order valence-electron chi connectivity index (χ1n) is 9.48. The summed E-state index contributed by atoms with van der Waals surface area (Å²) in [6, 6.07) is 5.29. The molecular weight excluding hydrogens is 382 g/mol. The van der Waals surface area contributed by atoms with Gasteiger partial charge in [-0.2, -0.15) is 5.10 Å². The smallest absolute Gasteiger partial charge is 0.270 e. The molecular formula is C18H23N5O4S. The second-order valence-electron chi connectivity index (χ2n) is 7.31. The number of carbonyl (C=O) groups is 2. The van der Waals surface area contributed by atoms with Crippen molar-refractivity contribution in [2.45, 2.75) is 25.3 Å². The summed E-state index contributed by atoms with van der Waals surface area (Å²) >= 11 is 0. The van der Waals surface area contributed by atoms with Crippen LogP contribution in [0, 0.1) is 0 Å². The first kappa shape index (κ1) is 18.9. The molecule has 2 amide bonds. The molecule has 4 heterocycles. The van der Waals surface area contributed by atoms with E-state index in [1.807, 2.05) is 18.2 Å². The molecule has 0 radical (unpaired) electrons. The highest BCUT2D eigenvalue weighted by Crippen LogP contribution is 2.23. The van der Waals surface area contributed by atoms with Crippen molar-refractivity contribution in [1.29, 1.82) is 0 Å². The Bertz CT molecular complexity index is 894. The van der Waals surface area contributed by atoms with Crippen molar-refractivity contribution in [2.75, 3.05) is 42.6 Å². The molecule has 150 valence electrons. The minimum absolute atomic E-state index is 0.0652. The van der Waals surface area contributed by atoms with Crippen LogP contribution >= 0.6 is 0 Å². The summed E-state index contributed by atoms with van der Waals surface area (Å²) in [5.41, 5.74) is 0.343. The van der Waals surface area contributed by atoms with Gasteiger partial charge in [-0.15, -0.1) is 0 Å². The Labute approximate surface area is 163 Å². The molecule has 3 aliphatic rings. The van der Waals surface area contributed by atoms with E-state index in [9.17, 15) is 18.0 Å². The minimum Gasteiger partial charge on any atom is -0.353 e. The summed E-state index contributed by atoms with van der Waals surface area (Å²) in [5, 5.41) is 5.52. The van der Waals surface area contributed by atoms with Crippen molar-refractivity contribution in [1.82, 2.24) is 14.9 Å². The molecule has 2 fully saturated rings. The van der Waals surface area contributed by atoms with E-state index in [0.29, 0.717) is 44.7 Å². The zero-order valence-corrected chi connectivity index (χ0v) is 16.3. The Morgan fingerprint density at radius 2 is 1.89 bits per heavy atom. The van der Waals surface area contributed by atoms with Crippen LogP contribution in [0.1, 0.15) is 19.3 Å². The lowest BCUT2D eigenvalue weighted by Crippen LogP contribution is -2.52. The van der Waals surface area contributed by atoms with Crippen LogP contribution in [0.3, 0.4) is 0 Å². The third kappa shape index (κ3) is 3.87. The second kappa shape index (κ2) is 7.50. The van der Waals surface area contributed by atoms with Crippen LogP contribution in [0.15, 0.2) is 29.5 Å². The lowest BCUT2D eigenvalue weighted by Gasteiger charge is -2.36. The van der Waals surface area contributed by atoms with E-state index in [4.69, 9.17) is 0 Å². The van der Waals surface area contributed by atoms with Crippen LogP contribution < -0.4 is 4.90 Å². The summed E-state index contributed by atoms with van der Waals surface area (Å²) in [7, 11) is -3.13. The Morgan fingerprint density at radius 3 is 2.54 bits per heavy atom. The normalized spacial score (nSPS) is 25.0. The zero-order chi connectivity index (χ0) is 19.7. The van der Waals surface area contributed by atoms with Gasteiger partial charge in [0.2, 0.25) is 5.91 Å². The molecule has 1 aromatic rings. The molecule has 0 N–H and O–H groups in total. The van der Waals surface area contributed by atoms with Gasteiger partial charge in [-0.1, -0.05) is 6.07 Å².